The van der Waals surface area contributed by atoms with Crippen molar-refractivity contribution in [3.63, 3.8) is 0 Å². The topological polar surface area (TPSA) is 37.3 Å². The third kappa shape index (κ3) is 4.46. The van der Waals surface area contributed by atoms with Gasteiger partial charge < -0.3 is 9.59 Å². The molecule has 0 aliphatic rings. The first-order valence-electron chi connectivity index (χ1n) is 4.23. The minimum absolute atomic E-state index is 0.0518. The molecular formula is C9H20NO2+. The van der Waals surface area contributed by atoms with Crippen molar-refractivity contribution in [3.8, 4) is 0 Å². The zero-order valence-electron chi connectivity index (χ0n) is 8.66. The van der Waals surface area contributed by atoms with E-state index in [1.54, 1.807) is 6.92 Å². The lowest BCUT2D eigenvalue weighted by Gasteiger charge is -2.28. The second kappa shape index (κ2) is 4.01. The molecule has 0 saturated carbocycles. The second-order valence-corrected chi connectivity index (χ2v) is 4.44. The van der Waals surface area contributed by atoms with Crippen molar-refractivity contribution in [3.05, 3.63) is 0 Å². The van der Waals surface area contributed by atoms with E-state index >= 15 is 0 Å². The molecule has 0 aliphatic heterocycles. The Labute approximate surface area is 74.6 Å². The highest BCUT2D eigenvalue weighted by molar-refractivity contribution is 5.78. The molecule has 0 bridgehead atoms. The fourth-order valence-electron chi connectivity index (χ4n) is 0.990. The van der Waals surface area contributed by atoms with Gasteiger partial charge in [-0.1, -0.05) is 6.92 Å². The van der Waals surface area contributed by atoms with Crippen LogP contribution in [0.1, 0.15) is 13.8 Å². The number of hydrogen-bond acceptors (Lipinski definition) is 2. The maximum absolute atomic E-state index is 10.9. The van der Waals surface area contributed by atoms with Crippen LogP contribution >= 0.6 is 0 Å². The Balaban J connectivity index is 4.04. The molecule has 0 aromatic carbocycles. The molecule has 0 spiro atoms. The Kier molecular flexibility index (Phi) is 3.87. The van der Waals surface area contributed by atoms with E-state index in [1.807, 2.05) is 21.1 Å². The maximum atomic E-state index is 10.9. The summed E-state index contributed by atoms with van der Waals surface area (Å²) >= 11 is 0. The Morgan fingerprint density at radius 1 is 1.42 bits per heavy atom. The molecule has 3 nitrogen and oxygen atoms in total. The maximum Gasteiger partial charge on any atom is 0.135 e. The third-order valence-corrected chi connectivity index (χ3v) is 1.95. The molecule has 0 fully saturated rings. The van der Waals surface area contributed by atoms with Gasteiger partial charge in [-0.05, 0) is 6.92 Å². The Bertz CT molecular complexity index is 160. The van der Waals surface area contributed by atoms with Crippen LogP contribution in [-0.4, -0.2) is 49.2 Å². The van der Waals surface area contributed by atoms with Gasteiger partial charge in [-0.25, -0.2) is 0 Å². The van der Waals surface area contributed by atoms with Crippen molar-refractivity contribution in [2.45, 2.75) is 20.0 Å². The fraction of sp³-hybridized carbons (Fsp3) is 0.889. The van der Waals surface area contributed by atoms with Gasteiger partial charge >= 0.3 is 0 Å². The summed E-state index contributed by atoms with van der Waals surface area (Å²) < 4.78 is 0.679. The van der Waals surface area contributed by atoms with Crippen LogP contribution in [0, 0.1) is 5.92 Å². The van der Waals surface area contributed by atoms with Crippen LogP contribution in [0.15, 0.2) is 0 Å². The fourth-order valence-corrected chi connectivity index (χ4v) is 0.990. The molecule has 0 aliphatic carbocycles. The second-order valence-electron chi connectivity index (χ2n) is 4.44. The largest absolute Gasteiger partial charge is 0.387 e. The van der Waals surface area contributed by atoms with Crippen LogP contribution in [0.2, 0.25) is 0 Å². The summed E-state index contributed by atoms with van der Waals surface area (Å²) in [5, 5.41) is 9.59. The highest BCUT2D eigenvalue weighted by Crippen LogP contribution is 2.07. The SMILES string of the molecule is CC(=O)C(C)C(O)C[N+](C)(C)C. The first-order chi connectivity index (χ1) is 5.24. The van der Waals surface area contributed by atoms with E-state index in [0.29, 0.717) is 11.0 Å². The van der Waals surface area contributed by atoms with E-state index < -0.39 is 6.10 Å². The van der Waals surface area contributed by atoms with E-state index in [9.17, 15) is 9.90 Å². The molecule has 12 heavy (non-hydrogen) atoms. The number of carbonyl (C=O) groups excluding carboxylic acids is 1. The number of hydrogen-bond donors (Lipinski definition) is 1. The summed E-state index contributed by atoms with van der Waals surface area (Å²) in [7, 11) is 5.99. The van der Waals surface area contributed by atoms with E-state index in [2.05, 4.69) is 0 Å². The Morgan fingerprint density at radius 2 is 1.83 bits per heavy atom. The first kappa shape index (κ1) is 11.6. The molecule has 1 N–H and O–H groups in total. The van der Waals surface area contributed by atoms with Crippen molar-refractivity contribution in [1.29, 1.82) is 0 Å². The molecule has 0 radical (unpaired) electrons. The molecule has 0 saturated heterocycles. The van der Waals surface area contributed by atoms with Crippen molar-refractivity contribution in [2.75, 3.05) is 27.7 Å². The molecule has 0 rings (SSSR count). The minimum Gasteiger partial charge on any atom is -0.387 e. The quantitative estimate of drug-likeness (QED) is 0.622. The molecule has 2 unspecified atom stereocenters. The summed E-state index contributed by atoms with van der Waals surface area (Å²) in [5.74, 6) is -0.196. The molecule has 0 aromatic rings. The van der Waals surface area contributed by atoms with E-state index in [4.69, 9.17) is 0 Å². The lowest BCUT2D eigenvalue weighted by molar-refractivity contribution is -0.873. The number of aliphatic hydroxyl groups is 1. The summed E-state index contributed by atoms with van der Waals surface area (Å²) in [5.41, 5.74) is 0. The number of likely N-dealkylation sites (N-methyl/N-ethyl adjacent to an activating group) is 1. The predicted octanol–water partition coefficient (Wildman–Crippen LogP) is 0.279. The van der Waals surface area contributed by atoms with E-state index in [0.717, 1.165) is 0 Å². The van der Waals surface area contributed by atoms with Gasteiger partial charge in [-0.3, -0.25) is 4.79 Å². The third-order valence-electron chi connectivity index (χ3n) is 1.95. The van der Waals surface area contributed by atoms with Crippen molar-refractivity contribution >= 4 is 5.78 Å². The van der Waals surface area contributed by atoms with Crippen molar-refractivity contribution in [1.82, 2.24) is 0 Å². The Hall–Kier alpha value is -0.410. The number of carbonyl (C=O) groups is 1. The van der Waals surface area contributed by atoms with Gasteiger partial charge in [-0.15, -0.1) is 0 Å². The van der Waals surface area contributed by atoms with Crippen LogP contribution in [0.25, 0.3) is 0 Å². The molecule has 3 heteroatoms. The molecule has 72 valence electrons. The zero-order chi connectivity index (χ0) is 9.94. The van der Waals surface area contributed by atoms with Gasteiger partial charge in [0, 0.05) is 5.92 Å². The standard InChI is InChI=1S/C9H20NO2/c1-7(8(2)11)9(12)6-10(3,4)5/h7,9,12H,6H2,1-5H3/q+1. The van der Waals surface area contributed by atoms with Gasteiger partial charge in [0.15, 0.2) is 0 Å². The van der Waals surface area contributed by atoms with Gasteiger partial charge in [0.05, 0.1) is 21.1 Å². The van der Waals surface area contributed by atoms with Gasteiger partial charge in [-0.2, -0.15) is 0 Å². The van der Waals surface area contributed by atoms with Crippen molar-refractivity contribution in [2.24, 2.45) is 5.92 Å². The molecule has 0 aromatic heterocycles. The average molecular weight is 174 g/mol. The first-order valence-corrected chi connectivity index (χ1v) is 4.23. The lowest BCUT2D eigenvalue weighted by Crippen LogP contribution is -2.44. The Morgan fingerprint density at radius 3 is 2.08 bits per heavy atom. The summed E-state index contributed by atoms with van der Waals surface area (Å²) in [6.07, 6.45) is -0.525. The van der Waals surface area contributed by atoms with Crippen LogP contribution < -0.4 is 0 Å². The number of ketones is 1. The number of quaternary nitrogens is 1. The predicted molar refractivity (Wildman–Crippen MR) is 48.8 cm³/mol. The highest BCUT2D eigenvalue weighted by Gasteiger charge is 2.24. The monoisotopic (exact) mass is 174 g/mol. The molecule has 0 heterocycles. The summed E-state index contributed by atoms with van der Waals surface area (Å²) in [6.45, 7) is 3.90. The van der Waals surface area contributed by atoms with Gasteiger partial charge in [0.2, 0.25) is 0 Å². The van der Waals surface area contributed by atoms with E-state index in [1.165, 1.54) is 6.92 Å². The van der Waals surface area contributed by atoms with Gasteiger partial charge in [0.1, 0.15) is 18.4 Å². The zero-order valence-corrected chi connectivity index (χ0v) is 8.66. The lowest BCUT2D eigenvalue weighted by atomic mass is 10.0. The number of aliphatic hydroxyl groups excluding tert-OH is 1. The van der Waals surface area contributed by atoms with Crippen LogP contribution in [0.5, 0.6) is 0 Å². The van der Waals surface area contributed by atoms with Gasteiger partial charge in [0.25, 0.3) is 0 Å². The molecular weight excluding hydrogens is 154 g/mol. The van der Waals surface area contributed by atoms with Crippen molar-refractivity contribution < 1.29 is 14.4 Å². The van der Waals surface area contributed by atoms with Crippen LogP contribution in [-0.2, 0) is 4.79 Å². The van der Waals surface area contributed by atoms with Crippen LogP contribution in [0.3, 0.4) is 0 Å². The highest BCUT2D eigenvalue weighted by atomic mass is 16.3. The number of rotatable bonds is 4. The van der Waals surface area contributed by atoms with E-state index in [-0.39, 0.29) is 11.7 Å². The van der Waals surface area contributed by atoms with Crippen LogP contribution in [0.4, 0.5) is 0 Å². The normalized spacial score (nSPS) is 17.2. The molecule has 0 amide bonds. The number of nitrogens with zero attached hydrogens (tertiary/aromatic N) is 1. The number of Topliss-reactive ketones (excluding diaryl/α,β-unsaturated/α-hetero) is 1. The molecule has 2 atom stereocenters. The average Bonchev–Trinajstić information content (AvgIpc) is 1.82. The minimum atomic E-state index is -0.525. The summed E-state index contributed by atoms with van der Waals surface area (Å²) in [4.78, 5) is 10.9. The summed E-state index contributed by atoms with van der Waals surface area (Å²) in [6, 6.07) is 0. The smallest absolute Gasteiger partial charge is 0.135 e.